The second-order valence-electron chi connectivity index (χ2n) is 4.89. The highest BCUT2D eigenvalue weighted by atomic mass is 16.8. The van der Waals surface area contributed by atoms with Crippen molar-refractivity contribution in [3.63, 3.8) is 0 Å². The quantitative estimate of drug-likeness (QED) is 0.525. The molecular formula is C13H17NO8. The topological polar surface area (TPSA) is 110 Å². The molecule has 0 N–H and O–H groups in total. The third kappa shape index (κ3) is 3.53. The molecular weight excluding hydrogens is 298 g/mol. The Morgan fingerprint density at radius 1 is 0.955 bits per heavy atom. The second kappa shape index (κ2) is 6.30. The van der Waals surface area contributed by atoms with E-state index < -0.39 is 48.7 Å². The van der Waals surface area contributed by atoms with Crippen molar-refractivity contribution in [2.75, 3.05) is 0 Å². The van der Waals surface area contributed by atoms with Crippen LogP contribution in [-0.4, -0.2) is 54.6 Å². The van der Waals surface area contributed by atoms with E-state index in [9.17, 15) is 14.4 Å². The van der Waals surface area contributed by atoms with Crippen LogP contribution in [0.25, 0.3) is 0 Å². The van der Waals surface area contributed by atoms with Gasteiger partial charge in [0.25, 0.3) is 0 Å². The standard InChI is InChI=1S/C13H17NO8/c1-5-14-9-10(19-6(2)15)11(20-7(3)16)13(21-8(4)17)22-12(9)18-5/h9-13H,1-4H3/t9?,10?,11-,12+,13?/m1/s1. The number of hydrogen-bond donors (Lipinski definition) is 0. The molecule has 9 heteroatoms. The average molecular weight is 315 g/mol. The van der Waals surface area contributed by atoms with Crippen LogP contribution in [0.5, 0.6) is 0 Å². The molecule has 0 saturated carbocycles. The van der Waals surface area contributed by atoms with Gasteiger partial charge in [-0.25, -0.2) is 4.99 Å². The van der Waals surface area contributed by atoms with Crippen LogP contribution < -0.4 is 0 Å². The molecule has 0 aliphatic carbocycles. The van der Waals surface area contributed by atoms with E-state index in [4.69, 9.17) is 23.7 Å². The van der Waals surface area contributed by atoms with Crippen LogP contribution in [0.15, 0.2) is 4.99 Å². The van der Waals surface area contributed by atoms with Crippen LogP contribution >= 0.6 is 0 Å². The lowest BCUT2D eigenvalue weighted by atomic mass is 10.0. The van der Waals surface area contributed by atoms with Gasteiger partial charge in [0, 0.05) is 27.7 Å². The van der Waals surface area contributed by atoms with Crippen molar-refractivity contribution in [3.8, 4) is 0 Å². The Bertz CT molecular complexity index is 516. The van der Waals surface area contributed by atoms with E-state index in [2.05, 4.69) is 4.99 Å². The first kappa shape index (κ1) is 16.2. The Morgan fingerprint density at radius 3 is 2.05 bits per heavy atom. The summed E-state index contributed by atoms with van der Waals surface area (Å²) in [6.07, 6.45) is -4.26. The minimum absolute atomic E-state index is 0.331. The fourth-order valence-corrected chi connectivity index (χ4v) is 2.34. The maximum atomic E-state index is 11.3. The predicted molar refractivity (Wildman–Crippen MR) is 69.5 cm³/mol. The smallest absolute Gasteiger partial charge is 0.305 e. The van der Waals surface area contributed by atoms with Gasteiger partial charge in [0.1, 0.15) is 0 Å². The molecule has 0 aromatic rings. The molecule has 0 aromatic heterocycles. The third-order valence-electron chi connectivity index (χ3n) is 2.98. The largest absolute Gasteiger partial charge is 0.456 e. The Kier molecular flexibility index (Phi) is 4.65. The Morgan fingerprint density at radius 2 is 1.50 bits per heavy atom. The minimum Gasteiger partial charge on any atom is -0.456 e. The highest BCUT2D eigenvalue weighted by molar-refractivity contribution is 5.75. The number of rotatable bonds is 3. The molecule has 0 radical (unpaired) electrons. The van der Waals surface area contributed by atoms with Gasteiger partial charge in [0.05, 0.1) is 0 Å². The van der Waals surface area contributed by atoms with E-state index in [1.54, 1.807) is 6.92 Å². The number of carbonyl (C=O) groups excluding carboxylic acids is 3. The summed E-state index contributed by atoms with van der Waals surface area (Å²) in [6, 6.07) is -0.708. The van der Waals surface area contributed by atoms with Gasteiger partial charge in [0.15, 0.2) is 18.0 Å². The number of nitrogens with zero attached hydrogens (tertiary/aromatic N) is 1. The first-order chi connectivity index (χ1) is 10.3. The maximum Gasteiger partial charge on any atom is 0.305 e. The molecule has 22 heavy (non-hydrogen) atoms. The summed E-state index contributed by atoms with van der Waals surface area (Å²) >= 11 is 0. The molecule has 122 valence electrons. The van der Waals surface area contributed by atoms with Gasteiger partial charge in [-0.3, -0.25) is 19.1 Å². The molecule has 1 fully saturated rings. The highest BCUT2D eigenvalue weighted by Crippen LogP contribution is 2.32. The molecule has 1 saturated heterocycles. The van der Waals surface area contributed by atoms with E-state index >= 15 is 0 Å². The van der Waals surface area contributed by atoms with Gasteiger partial charge >= 0.3 is 17.9 Å². The number of aliphatic imine (C=N–C) groups is 1. The van der Waals surface area contributed by atoms with E-state index in [0.717, 1.165) is 0 Å². The SMILES string of the molecule is CC(=O)OC1O[C@@H]2OC(C)=NC2C(OC(C)=O)[C@H]1OC(C)=O. The second-order valence-corrected chi connectivity index (χ2v) is 4.89. The fraction of sp³-hybridized carbons (Fsp3) is 0.692. The predicted octanol–water partition coefficient (Wildman–Crippen LogP) is -0.0875. The number of fused-ring (bicyclic) bond motifs is 1. The van der Waals surface area contributed by atoms with Gasteiger partial charge in [-0.1, -0.05) is 0 Å². The van der Waals surface area contributed by atoms with E-state index in [0.29, 0.717) is 5.90 Å². The van der Waals surface area contributed by atoms with Crippen molar-refractivity contribution >= 4 is 23.8 Å². The van der Waals surface area contributed by atoms with Crippen LogP contribution in [-0.2, 0) is 38.1 Å². The van der Waals surface area contributed by atoms with Crippen molar-refractivity contribution < 1.29 is 38.1 Å². The fourth-order valence-electron chi connectivity index (χ4n) is 2.34. The number of hydrogen-bond acceptors (Lipinski definition) is 9. The first-order valence-electron chi connectivity index (χ1n) is 6.66. The molecule has 5 atom stereocenters. The molecule has 9 nitrogen and oxygen atoms in total. The first-order valence-corrected chi connectivity index (χ1v) is 6.66. The van der Waals surface area contributed by atoms with E-state index in [1.165, 1.54) is 20.8 Å². The summed E-state index contributed by atoms with van der Waals surface area (Å²) < 4.78 is 26.1. The zero-order chi connectivity index (χ0) is 16.4. The molecule has 2 rings (SSSR count). The lowest BCUT2D eigenvalue weighted by Gasteiger charge is -2.40. The number of esters is 3. The zero-order valence-corrected chi connectivity index (χ0v) is 12.6. The molecule has 2 aliphatic heterocycles. The van der Waals surface area contributed by atoms with Crippen molar-refractivity contribution in [1.82, 2.24) is 0 Å². The summed E-state index contributed by atoms with van der Waals surface area (Å²) in [4.78, 5) is 38.0. The van der Waals surface area contributed by atoms with Gasteiger partial charge < -0.3 is 18.9 Å². The molecule has 2 aliphatic rings. The Hall–Kier alpha value is -2.16. The van der Waals surface area contributed by atoms with Gasteiger partial charge in [0.2, 0.25) is 18.7 Å². The summed E-state index contributed by atoms with van der Waals surface area (Å²) in [5, 5.41) is 0. The zero-order valence-electron chi connectivity index (χ0n) is 12.6. The third-order valence-corrected chi connectivity index (χ3v) is 2.98. The molecule has 2 heterocycles. The lowest BCUT2D eigenvalue weighted by Crippen LogP contribution is -2.59. The van der Waals surface area contributed by atoms with Crippen molar-refractivity contribution in [2.24, 2.45) is 4.99 Å². The van der Waals surface area contributed by atoms with Crippen LogP contribution in [0, 0.1) is 0 Å². The Balaban J connectivity index is 2.31. The van der Waals surface area contributed by atoms with Crippen LogP contribution in [0.3, 0.4) is 0 Å². The summed E-state index contributed by atoms with van der Waals surface area (Å²) in [5.74, 6) is -1.54. The van der Waals surface area contributed by atoms with Gasteiger partial charge in [-0.2, -0.15) is 0 Å². The summed E-state index contributed by atoms with van der Waals surface area (Å²) in [6.45, 7) is 5.18. The maximum absolute atomic E-state index is 11.3. The van der Waals surface area contributed by atoms with E-state index in [-0.39, 0.29) is 0 Å². The number of ether oxygens (including phenoxy) is 5. The van der Waals surface area contributed by atoms with Crippen LogP contribution in [0.1, 0.15) is 27.7 Å². The van der Waals surface area contributed by atoms with Gasteiger partial charge in [-0.05, 0) is 0 Å². The summed E-state index contributed by atoms with van der Waals surface area (Å²) in [7, 11) is 0. The minimum atomic E-state index is -1.26. The van der Waals surface area contributed by atoms with Crippen LogP contribution in [0.2, 0.25) is 0 Å². The molecule has 0 bridgehead atoms. The molecule has 0 spiro atoms. The summed E-state index contributed by atoms with van der Waals surface area (Å²) in [5.41, 5.74) is 0. The molecule has 0 amide bonds. The highest BCUT2D eigenvalue weighted by Gasteiger charge is 2.54. The van der Waals surface area contributed by atoms with Crippen LogP contribution in [0.4, 0.5) is 0 Å². The van der Waals surface area contributed by atoms with Crippen molar-refractivity contribution in [3.05, 3.63) is 0 Å². The molecule has 0 aromatic carbocycles. The van der Waals surface area contributed by atoms with E-state index in [1.807, 2.05) is 0 Å². The van der Waals surface area contributed by atoms with Crippen molar-refractivity contribution in [1.29, 1.82) is 0 Å². The average Bonchev–Trinajstić information content (AvgIpc) is 2.72. The van der Waals surface area contributed by atoms with Gasteiger partial charge in [-0.15, -0.1) is 0 Å². The number of carbonyl (C=O) groups is 3. The Labute approximate surface area is 126 Å². The monoisotopic (exact) mass is 315 g/mol. The lowest BCUT2D eigenvalue weighted by molar-refractivity contribution is -0.299. The molecule has 3 unspecified atom stereocenters. The normalized spacial score (nSPS) is 33.1. The van der Waals surface area contributed by atoms with Crippen molar-refractivity contribution in [2.45, 2.75) is 58.5 Å².